The molecule has 0 bridgehead atoms. The maximum atomic E-state index is 11.1. The molecular weight excluding hydrogens is 352 g/mol. The molecule has 5 nitrogen and oxygen atoms in total. The minimum absolute atomic E-state index is 0.0869. The first-order valence-corrected chi connectivity index (χ1v) is 9.07. The van der Waals surface area contributed by atoms with E-state index in [-0.39, 0.29) is 6.42 Å². The number of carbonyl (C=O) groups is 1. The molecule has 5 heteroatoms. The lowest BCUT2D eigenvalue weighted by Crippen LogP contribution is -2.05. The Balaban J connectivity index is 1.85. The molecule has 0 fully saturated rings. The van der Waals surface area contributed by atoms with Crippen LogP contribution in [0.2, 0.25) is 0 Å². The predicted molar refractivity (Wildman–Crippen MR) is 109 cm³/mol. The van der Waals surface area contributed by atoms with Gasteiger partial charge in [-0.1, -0.05) is 6.07 Å². The largest absolute Gasteiger partial charge is 0.497 e. The summed E-state index contributed by atoms with van der Waals surface area (Å²) in [5, 5.41) is 11.3. The first kappa shape index (κ1) is 17.8. The van der Waals surface area contributed by atoms with Crippen molar-refractivity contribution in [3.05, 3.63) is 78.8 Å². The second-order valence-corrected chi connectivity index (χ2v) is 6.57. The first-order valence-electron chi connectivity index (χ1n) is 9.07. The van der Waals surface area contributed by atoms with Gasteiger partial charge in [-0.2, -0.15) is 0 Å². The molecule has 140 valence electrons. The molecular formula is C23H20N2O3. The molecule has 0 amide bonds. The van der Waals surface area contributed by atoms with Crippen LogP contribution in [0.15, 0.2) is 73.1 Å². The van der Waals surface area contributed by atoms with E-state index in [0.717, 1.165) is 39.2 Å². The molecule has 4 rings (SSSR count). The van der Waals surface area contributed by atoms with Crippen molar-refractivity contribution in [1.29, 1.82) is 0 Å². The molecule has 0 atom stereocenters. The van der Waals surface area contributed by atoms with Crippen molar-refractivity contribution in [2.45, 2.75) is 12.8 Å². The number of nitrogens with zero attached hydrogens (tertiary/aromatic N) is 2. The van der Waals surface area contributed by atoms with Gasteiger partial charge in [0.25, 0.3) is 0 Å². The van der Waals surface area contributed by atoms with E-state index in [0.29, 0.717) is 6.42 Å². The van der Waals surface area contributed by atoms with E-state index < -0.39 is 5.97 Å². The average Bonchev–Trinajstić information content (AvgIpc) is 3.16. The summed E-state index contributed by atoms with van der Waals surface area (Å²) < 4.78 is 7.39. The van der Waals surface area contributed by atoms with Gasteiger partial charge in [-0.25, -0.2) is 0 Å². The number of aromatic nitrogens is 2. The molecule has 2 heterocycles. The Bertz CT molecular complexity index is 1130. The number of ether oxygens (including phenoxy) is 1. The van der Waals surface area contributed by atoms with Gasteiger partial charge >= 0.3 is 5.97 Å². The summed E-state index contributed by atoms with van der Waals surface area (Å²) in [5.41, 5.74) is 4.00. The minimum Gasteiger partial charge on any atom is -0.497 e. The topological polar surface area (TPSA) is 64.3 Å². The van der Waals surface area contributed by atoms with Crippen LogP contribution in [0, 0.1) is 0 Å². The number of aliphatic carboxylic acids is 1. The molecule has 0 aliphatic carbocycles. The number of hydrogen-bond donors (Lipinski definition) is 1. The molecule has 1 N–H and O–H groups in total. The molecule has 2 aromatic carbocycles. The molecule has 2 aromatic heterocycles. The monoisotopic (exact) mass is 372 g/mol. The Kier molecular flexibility index (Phi) is 4.81. The van der Waals surface area contributed by atoms with Gasteiger partial charge in [0, 0.05) is 29.2 Å². The number of pyridine rings is 1. The van der Waals surface area contributed by atoms with Gasteiger partial charge in [0.15, 0.2) is 0 Å². The van der Waals surface area contributed by atoms with E-state index in [9.17, 15) is 4.79 Å². The van der Waals surface area contributed by atoms with Crippen LogP contribution in [0.3, 0.4) is 0 Å². The zero-order valence-corrected chi connectivity index (χ0v) is 15.5. The van der Waals surface area contributed by atoms with Gasteiger partial charge in [-0.05, 0) is 72.0 Å². The Morgan fingerprint density at radius 3 is 2.61 bits per heavy atom. The van der Waals surface area contributed by atoms with Crippen LogP contribution in [0.25, 0.3) is 27.7 Å². The SMILES string of the molecule is COc1ccc(-c2ccc(CCC(=O)O)n2-c2ccc3cnccc3c2)cc1. The summed E-state index contributed by atoms with van der Waals surface area (Å²) in [4.78, 5) is 15.3. The van der Waals surface area contributed by atoms with Crippen molar-refractivity contribution in [3.8, 4) is 22.7 Å². The second-order valence-electron chi connectivity index (χ2n) is 6.57. The normalized spacial score (nSPS) is 10.9. The van der Waals surface area contributed by atoms with Crippen molar-refractivity contribution in [3.63, 3.8) is 0 Å². The highest BCUT2D eigenvalue weighted by Gasteiger charge is 2.14. The van der Waals surface area contributed by atoms with Crippen molar-refractivity contribution >= 4 is 16.7 Å². The number of fused-ring (bicyclic) bond motifs is 1. The van der Waals surface area contributed by atoms with Crippen LogP contribution < -0.4 is 4.74 Å². The number of hydrogen-bond acceptors (Lipinski definition) is 3. The number of aryl methyl sites for hydroxylation is 1. The quantitative estimate of drug-likeness (QED) is 0.532. The molecule has 0 saturated heterocycles. The second kappa shape index (κ2) is 7.56. The Morgan fingerprint density at radius 2 is 1.86 bits per heavy atom. The number of rotatable bonds is 6. The maximum Gasteiger partial charge on any atom is 0.303 e. The fourth-order valence-electron chi connectivity index (χ4n) is 3.41. The molecule has 4 aromatic rings. The number of carboxylic acid groups (broad SMARTS) is 1. The molecule has 0 radical (unpaired) electrons. The van der Waals surface area contributed by atoms with E-state index in [1.807, 2.05) is 60.8 Å². The van der Waals surface area contributed by atoms with Gasteiger partial charge in [-0.3, -0.25) is 9.78 Å². The molecule has 0 spiro atoms. The van der Waals surface area contributed by atoms with Crippen molar-refractivity contribution in [2.75, 3.05) is 7.11 Å². The van der Waals surface area contributed by atoms with Gasteiger partial charge < -0.3 is 14.4 Å². The fourth-order valence-corrected chi connectivity index (χ4v) is 3.41. The van der Waals surface area contributed by atoms with Gasteiger partial charge in [0.1, 0.15) is 5.75 Å². The smallest absolute Gasteiger partial charge is 0.303 e. The zero-order chi connectivity index (χ0) is 19.5. The zero-order valence-electron chi connectivity index (χ0n) is 15.5. The Hall–Kier alpha value is -3.60. The van der Waals surface area contributed by atoms with Gasteiger partial charge in [0.2, 0.25) is 0 Å². The first-order chi connectivity index (χ1) is 13.7. The number of methoxy groups -OCH3 is 1. The maximum absolute atomic E-state index is 11.1. The summed E-state index contributed by atoms with van der Waals surface area (Å²) in [7, 11) is 1.64. The third-order valence-corrected chi connectivity index (χ3v) is 4.82. The lowest BCUT2D eigenvalue weighted by molar-refractivity contribution is -0.136. The van der Waals surface area contributed by atoms with Crippen molar-refractivity contribution in [1.82, 2.24) is 9.55 Å². The number of benzene rings is 2. The molecule has 0 unspecified atom stereocenters. The lowest BCUT2D eigenvalue weighted by Gasteiger charge is -2.15. The third kappa shape index (κ3) is 3.47. The Labute approximate surface area is 162 Å². The van der Waals surface area contributed by atoms with Crippen molar-refractivity contribution in [2.24, 2.45) is 0 Å². The molecule has 0 saturated carbocycles. The van der Waals surface area contributed by atoms with Crippen LogP contribution in [0.5, 0.6) is 5.75 Å². The van der Waals surface area contributed by atoms with Gasteiger partial charge in [0.05, 0.1) is 19.2 Å². The summed E-state index contributed by atoms with van der Waals surface area (Å²) in [6.07, 6.45) is 4.16. The molecule has 0 aliphatic heterocycles. The highest BCUT2D eigenvalue weighted by molar-refractivity contribution is 5.84. The van der Waals surface area contributed by atoms with E-state index >= 15 is 0 Å². The van der Waals surface area contributed by atoms with Gasteiger partial charge in [-0.15, -0.1) is 0 Å². The molecule has 28 heavy (non-hydrogen) atoms. The minimum atomic E-state index is -0.802. The van der Waals surface area contributed by atoms with Crippen molar-refractivity contribution < 1.29 is 14.6 Å². The van der Waals surface area contributed by atoms with E-state index in [4.69, 9.17) is 9.84 Å². The highest BCUT2D eigenvalue weighted by atomic mass is 16.5. The third-order valence-electron chi connectivity index (χ3n) is 4.82. The lowest BCUT2D eigenvalue weighted by atomic mass is 10.1. The van der Waals surface area contributed by atoms with E-state index in [2.05, 4.69) is 15.6 Å². The van der Waals surface area contributed by atoms with E-state index in [1.54, 1.807) is 13.3 Å². The number of carboxylic acids is 1. The van der Waals surface area contributed by atoms with Crippen LogP contribution >= 0.6 is 0 Å². The average molecular weight is 372 g/mol. The highest BCUT2D eigenvalue weighted by Crippen LogP contribution is 2.30. The summed E-state index contributed by atoms with van der Waals surface area (Å²) in [5.74, 6) is -0.00510. The van der Waals surface area contributed by atoms with E-state index in [1.165, 1.54) is 0 Å². The summed E-state index contributed by atoms with van der Waals surface area (Å²) in [6, 6.07) is 20.1. The van der Waals surface area contributed by atoms with Crippen LogP contribution in [0.4, 0.5) is 0 Å². The van der Waals surface area contributed by atoms with Crippen LogP contribution in [-0.4, -0.2) is 27.7 Å². The molecule has 0 aliphatic rings. The van der Waals surface area contributed by atoms with Crippen LogP contribution in [-0.2, 0) is 11.2 Å². The fraction of sp³-hybridized carbons (Fsp3) is 0.130. The summed E-state index contributed by atoms with van der Waals surface area (Å²) >= 11 is 0. The Morgan fingerprint density at radius 1 is 1.04 bits per heavy atom. The predicted octanol–water partition coefficient (Wildman–Crippen LogP) is 4.72. The summed E-state index contributed by atoms with van der Waals surface area (Å²) in [6.45, 7) is 0. The van der Waals surface area contributed by atoms with Crippen LogP contribution in [0.1, 0.15) is 12.1 Å². The standard InChI is InChI=1S/C23H20N2O3/c1-28-21-8-3-16(4-9-21)22-10-6-19(7-11-23(26)27)25(22)20-5-2-18-15-24-13-12-17(18)14-20/h2-6,8-10,12-15H,7,11H2,1H3,(H,26,27).